The van der Waals surface area contributed by atoms with Gasteiger partial charge in [0.15, 0.2) is 11.5 Å². The number of carbonyl (C=O) groups excluding carboxylic acids is 1. The highest BCUT2D eigenvalue weighted by Crippen LogP contribution is 2.31. The zero-order valence-electron chi connectivity index (χ0n) is 16.0. The highest BCUT2D eigenvalue weighted by Gasteiger charge is 2.23. The molecule has 8 nitrogen and oxygen atoms in total. The van der Waals surface area contributed by atoms with Crippen LogP contribution in [0.1, 0.15) is 25.7 Å². The minimum Gasteiger partial charge on any atom is -0.490 e. The molecule has 0 bridgehead atoms. The van der Waals surface area contributed by atoms with E-state index in [9.17, 15) is 13.2 Å². The molecular weight excluding hydrogens is 406 g/mol. The van der Waals surface area contributed by atoms with Crippen LogP contribution >= 0.6 is 12.4 Å². The molecule has 0 aliphatic carbocycles. The van der Waals surface area contributed by atoms with E-state index < -0.39 is 10.0 Å². The molecule has 2 heterocycles. The normalized spacial score (nSPS) is 17.5. The number of nitrogens with zero attached hydrogens (tertiary/aromatic N) is 1. The molecule has 3 rings (SSSR count). The molecule has 0 radical (unpaired) electrons. The molecule has 0 unspecified atom stereocenters. The summed E-state index contributed by atoms with van der Waals surface area (Å²) >= 11 is 0. The van der Waals surface area contributed by atoms with Crippen molar-refractivity contribution in [2.45, 2.75) is 36.6 Å². The Kier molecular flexibility index (Phi) is 8.36. The van der Waals surface area contributed by atoms with Crippen LogP contribution in [0, 0.1) is 0 Å². The van der Waals surface area contributed by atoms with Gasteiger partial charge in [-0.25, -0.2) is 13.1 Å². The maximum Gasteiger partial charge on any atom is 0.240 e. The maximum absolute atomic E-state index is 12.5. The van der Waals surface area contributed by atoms with E-state index in [1.54, 1.807) is 11.0 Å². The van der Waals surface area contributed by atoms with Crippen molar-refractivity contribution in [3.05, 3.63) is 18.2 Å². The number of fused-ring (bicyclic) bond motifs is 1. The molecule has 2 aliphatic rings. The lowest BCUT2D eigenvalue weighted by Crippen LogP contribution is -2.44. The quantitative estimate of drug-likeness (QED) is 0.698. The fraction of sp³-hybridized carbons (Fsp3) is 0.611. The van der Waals surface area contributed by atoms with Gasteiger partial charge in [-0.3, -0.25) is 4.79 Å². The number of piperidine rings is 1. The van der Waals surface area contributed by atoms with E-state index >= 15 is 0 Å². The Bertz CT molecular complexity index is 766. The standard InChI is InChI=1S/C18H27N3O5S.ClH/c1-19-14-6-9-21(10-7-14)18(22)5-8-20-27(23,24)15-3-4-16-17(13-15)26-12-2-11-25-16;/h3-4,13-14,19-20H,2,5-12H2,1H3;1H. The Hall–Kier alpha value is -1.55. The summed E-state index contributed by atoms with van der Waals surface area (Å²) in [5.41, 5.74) is 0. The first-order chi connectivity index (χ1) is 13.0. The smallest absolute Gasteiger partial charge is 0.240 e. The number of rotatable bonds is 6. The largest absolute Gasteiger partial charge is 0.490 e. The lowest BCUT2D eigenvalue weighted by atomic mass is 10.1. The van der Waals surface area contributed by atoms with Gasteiger partial charge in [-0.1, -0.05) is 0 Å². The number of likely N-dealkylation sites (tertiary alicyclic amines) is 1. The lowest BCUT2D eigenvalue weighted by molar-refractivity contribution is -0.132. The van der Waals surface area contributed by atoms with Gasteiger partial charge in [-0.05, 0) is 32.0 Å². The van der Waals surface area contributed by atoms with Crippen LogP contribution in [-0.4, -0.2) is 65.2 Å². The molecule has 1 aromatic rings. The number of hydrogen-bond acceptors (Lipinski definition) is 6. The van der Waals surface area contributed by atoms with Crippen molar-refractivity contribution in [3.8, 4) is 11.5 Å². The molecule has 10 heteroatoms. The molecule has 2 N–H and O–H groups in total. The average molecular weight is 434 g/mol. The van der Waals surface area contributed by atoms with Crippen LogP contribution in [0.2, 0.25) is 0 Å². The van der Waals surface area contributed by atoms with Gasteiger partial charge < -0.3 is 19.7 Å². The molecular formula is C18H28ClN3O5S. The zero-order chi connectivity index (χ0) is 19.3. The SMILES string of the molecule is CNC1CCN(C(=O)CCNS(=O)(=O)c2ccc3c(c2)OCCCO3)CC1.Cl. The lowest BCUT2D eigenvalue weighted by Gasteiger charge is -2.31. The van der Waals surface area contributed by atoms with E-state index in [-0.39, 0.29) is 36.2 Å². The Labute approximate surface area is 172 Å². The Morgan fingerprint density at radius 1 is 1.18 bits per heavy atom. The van der Waals surface area contributed by atoms with Crippen LogP contribution in [0.3, 0.4) is 0 Å². The van der Waals surface area contributed by atoms with Gasteiger partial charge in [0.25, 0.3) is 0 Å². The molecule has 1 aromatic carbocycles. The molecule has 158 valence electrons. The zero-order valence-corrected chi connectivity index (χ0v) is 17.6. The van der Waals surface area contributed by atoms with E-state index in [1.807, 2.05) is 7.05 Å². The number of sulfonamides is 1. The summed E-state index contributed by atoms with van der Waals surface area (Å²) in [6, 6.07) is 5.01. The van der Waals surface area contributed by atoms with Crippen molar-refractivity contribution in [1.29, 1.82) is 0 Å². The van der Waals surface area contributed by atoms with Gasteiger partial charge in [0.05, 0.1) is 18.1 Å². The molecule has 0 spiro atoms. The minimum absolute atomic E-state index is 0. The first-order valence-corrected chi connectivity index (χ1v) is 10.8. The van der Waals surface area contributed by atoms with Crippen LogP contribution in [0.4, 0.5) is 0 Å². The molecule has 0 atom stereocenters. The maximum atomic E-state index is 12.5. The van der Waals surface area contributed by atoms with Gasteiger partial charge in [-0.2, -0.15) is 0 Å². The second-order valence-corrected chi connectivity index (χ2v) is 8.52. The number of ether oxygens (including phenoxy) is 2. The van der Waals surface area contributed by atoms with E-state index in [0.717, 1.165) is 19.3 Å². The van der Waals surface area contributed by atoms with Crippen LogP contribution < -0.4 is 19.5 Å². The van der Waals surface area contributed by atoms with Crippen LogP contribution in [0.5, 0.6) is 11.5 Å². The number of hydrogen-bond donors (Lipinski definition) is 2. The average Bonchev–Trinajstić information content (AvgIpc) is 2.92. The third-order valence-electron chi connectivity index (χ3n) is 4.92. The number of benzene rings is 1. The summed E-state index contributed by atoms with van der Waals surface area (Å²) in [6.07, 6.45) is 2.74. The highest BCUT2D eigenvalue weighted by molar-refractivity contribution is 7.89. The van der Waals surface area contributed by atoms with Crippen molar-refractivity contribution >= 4 is 28.3 Å². The molecule has 0 aromatic heterocycles. The van der Waals surface area contributed by atoms with Crippen LogP contribution in [0.25, 0.3) is 0 Å². The first kappa shape index (κ1) is 22.7. The van der Waals surface area contributed by atoms with E-state index in [2.05, 4.69) is 10.0 Å². The van der Waals surface area contributed by atoms with Crippen LogP contribution in [0.15, 0.2) is 23.1 Å². The van der Waals surface area contributed by atoms with Gasteiger partial charge in [-0.15, -0.1) is 12.4 Å². The number of nitrogens with one attached hydrogen (secondary N) is 2. The van der Waals surface area contributed by atoms with Crippen molar-refractivity contribution < 1.29 is 22.7 Å². The van der Waals surface area contributed by atoms with Crippen molar-refractivity contribution in [1.82, 2.24) is 14.9 Å². The molecule has 1 fully saturated rings. The fourth-order valence-electron chi connectivity index (χ4n) is 3.26. The first-order valence-electron chi connectivity index (χ1n) is 9.34. The van der Waals surface area contributed by atoms with Crippen molar-refractivity contribution in [2.24, 2.45) is 0 Å². The monoisotopic (exact) mass is 433 g/mol. The second kappa shape index (κ2) is 10.3. The van der Waals surface area contributed by atoms with E-state index in [4.69, 9.17) is 9.47 Å². The molecule has 2 aliphatic heterocycles. The second-order valence-electron chi connectivity index (χ2n) is 6.75. The third kappa shape index (κ3) is 5.73. The molecule has 1 saturated heterocycles. The number of halogens is 1. The van der Waals surface area contributed by atoms with E-state index in [0.29, 0.717) is 43.8 Å². The predicted octanol–water partition coefficient (Wildman–Crippen LogP) is 1.15. The topological polar surface area (TPSA) is 97.0 Å². The van der Waals surface area contributed by atoms with Gasteiger partial charge in [0.1, 0.15) is 0 Å². The highest BCUT2D eigenvalue weighted by atomic mass is 35.5. The summed E-state index contributed by atoms with van der Waals surface area (Å²) < 4.78 is 38.6. The molecule has 1 amide bonds. The Morgan fingerprint density at radius 3 is 2.54 bits per heavy atom. The van der Waals surface area contributed by atoms with Gasteiger partial charge in [0, 0.05) is 44.6 Å². The summed E-state index contributed by atoms with van der Waals surface area (Å²) in [4.78, 5) is 14.2. The third-order valence-corrected chi connectivity index (χ3v) is 6.37. The molecule has 28 heavy (non-hydrogen) atoms. The summed E-state index contributed by atoms with van der Waals surface area (Å²) in [7, 11) is -1.78. The van der Waals surface area contributed by atoms with Gasteiger partial charge in [0.2, 0.25) is 15.9 Å². The predicted molar refractivity (Wildman–Crippen MR) is 108 cm³/mol. The van der Waals surface area contributed by atoms with Crippen molar-refractivity contribution in [2.75, 3.05) is 39.9 Å². The Balaban J connectivity index is 0.00000280. The number of carbonyl (C=O) groups is 1. The summed E-state index contributed by atoms with van der Waals surface area (Å²) in [6.45, 7) is 2.52. The van der Waals surface area contributed by atoms with Gasteiger partial charge >= 0.3 is 0 Å². The Morgan fingerprint density at radius 2 is 1.86 bits per heavy atom. The summed E-state index contributed by atoms with van der Waals surface area (Å²) in [5, 5.41) is 3.22. The number of amides is 1. The van der Waals surface area contributed by atoms with Crippen molar-refractivity contribution in [3.63, 3.8) is 0 Å². The van der Waals surface area contributed by atoms with Crippen LogP contribution in [-0.2, 0) is 14.8 Å². The fourth-order valence-corrected chi connectivity index (χ4v) is 4.31. The summed E-state index contributed by atoms with van der Waals surface area (Å²) in [5.74, 6) is 0.955. The molecule has 0 saturated carbocycles. The van der Waals surface area contributed by atoms with E-state index in [1.165, 1.54) is 12.1 Å². The minimum atomic E-state index is -3.71.